The molecule has 0 fully saturated rings. The zero-order valence-electron chi connectivity index (χ0n) is 5.85. The van der Waals surface area contributed by atoms with Gasteiger partial charge in [-0.1, -0.05) is 12.5 Å². The number of hydrogen-bond donors (Lipinski definition) is 0. The summed E-state index contributed by atoms with van der Waals surface area (Å²) in [7, 11) is 0. The number of hydrogen-bond acceptors (Lipinski definition) is 1. The second-order valence-electron chi connectivity index (χ2n) is 1.84. The van der Waals surface area contributed by atoms with E-state index in [2.05, 4.69) is 11.7 Å². The molecule has 2 nitrogen and oxygen atoms in total. The highest BCUT2D eigenvalue weighted by atomic mass is 16.1. The molecular formula is C7H11NO. The molecule has 0 bridgehead atoms. The summed E-state index contributed by atoms with van der Waals surface area (Å²) in [5, 5.41) is 0. The molecule has 0 atom stereocenters. The van der Waals surface area contributed by atoms with Crippen LogP contribution in [0.25, 0.3) is 0 Å². The molecule has 2 heteroatoms. The van der Waals surface area contributed by atoms with Gasteiger partial charge in [0.05, 0.1) is 0 Å². The number of carbonyl (C=O) groups excluding carboxylic acids is 1. The van der Waals surface area contributed by atoms with Crippen LogP contribution in [0.15, 0.2) is 16.6 Å². The van der Waals surface area contributed by atoms with Crippen LogP contribution in [0.4, 0.5) is 0 Å². The van der Waals surface area contributed by atoms with Crippen molar-refractivity contribution >= 4 is 12.6 Å². The summed E-state index contributed by atoms with van der Waals surface area (Å²) in [6.07, 6.45) is 2.38. The maximum absolute atomic E-state index is 10.5. The highest BCUT2D eigenvalue weighted by molar-refractivity contribution is 5.91. The van der Waals surface area contributed by atoms with Gasteiger partial charge in [-0.15, -0.1) is 0 Å². The maximum Gasteiger partial charge on any atom is 0.269 e. The van der Waals surface area contributed by atoms with Crippen LogP contribution in [0.1, 0.15) is 20.3 Å². The Kier molecular flexibility index (Phi) is 3.60. The normalized spacial score (nSPS) is 11.1. The van der Waals surface area contributed by atoms with E-state index in [1.165, 1.54) is 6.08 Å². The Morgan fingerprint density at radius 2 is 2.33 bits per heavy atom. The number of rotatable bonds is 2. The highest BCUT2D eigenvalue weighted by Crippen LogP contribution is 1.97. The van der Waals surface area contributed by atoms with Crippen LogP contribution in [-0.2, 0) is 4.79 Å². The van der Waals surface area contributed by atoms with Crippen LogP contribution in [-0.4, -0.2) is 12.6 Å². The van der Waals surface area contributed by atoms with Gasteiger partial charge in [0, 0.05) is 6.08 Å². The summed E-state index contributed by atoms with van der Waals surface area (Å²) < 4.78 is 0. The molecule has 0 aromatic heterocycles. The molecule has 0 N–H and O–H groups in total. The van der Waals surface area contributed by atoms with Crippen LogP contribution in [0, 0.1) is 0 Å². The molecule has 0 spiro atoms. The number of allylic oxidation sites excluding steroid dienone is 1. The summed E-state index contributed by atoms with van der Waals surface area (Å²) in [6.45, 7) is 6.98. The summed E-state index contributed by atoms with van der Waals surface area (Å²) in [5.41, 5.74) is 1.03. The molecule has 0 rings (SSSR count). The highest BCUT2D eigenvalue weighted by Gasteiger charge is 1.89. The van der Waals surface area contributed by atoms with E-state index in [-0.39, 0.29) is 5.91 Å². The van der Waals surface area contributed by atoms with E-state index in [9.17, 15) is 4.79 Å². The molecule has 0 unspecified atom stereocenters. The van der Waals surface area contributed by atoms with E-state index in [4.69, 9.17) is 0 Å². The standard InChI is InChI=1S/C7H11NO/c1-4-6(2)5-7(9)8-3/h5H,3-4H2,1-2H3/b6-5+. The third kappa shape index (κ3) is 3.64. The van der Waals surface area contributed by atoms with Gasteiger partial charge in [0.15, 0.2) is 0 Å². The predicted octanol–water partition coefficient (Wildman–Crippen LogP) is 1.57. The third-order valence-electron chi connectivity index (χ3n) is 1.08. The first-order chi connectivity index (χ1) is 4.20. The molecule has 0 aliphatic heterocycles. The van der Waals surface area contributed by atoms with Crippen molar-refractivity contribution in [2.24, 2.45) is 4.99 Å². The molecule has 0 radical (unpaired) electrons. The first-order valence-electron chi connectivity index (χ1n) is 2.88. The van der Waals surface area contributed by atoms with Gasteiger partial charge in [-0.2, -0.15) is 0 Å². The molecule has 0 saturated heterocycles. The molecule has 0 saturated carbocycles. The fraction of sp³-hybridized carbons (Fsp3) is 0.429. The predicted molar refractivity (Wildman–Crippen MR) is 38.6 cm³/mol. The van der Waals surface area contributed by atoms with Gasteiger partial charge in [0.2, 0.25) is 0 Å². The molecule has 0 aromatic carbocycles. The van der Waals surface area contributed by atoms with E-state index < -0.39 is 0 Å². The quantitative estimate of drug-likeness (QED) is 0.407. The fourth-order valence-corrected chi connectivity index (χ4v) is 0.358. The Bertz CT molecular complexity index is 147. The van der Waals surface area contributed by atoms with Crippen molar-refractivity contribution in [3.05, 3.63) is 11.6 Å². The molecule has 1 amide bonds. The first-order valence-corrected chi connectivity index (χ1v) is 2.88. The molecular weight excluding hydrogens is 114 g/mol. The number of amides is 1. The van der Waals surface area contributed by atoms with E-state index in [1.807, 2.05) is 13.8 Å². The van der Waals surface area contributed by atoms with Gasteiger partial charge in [0.1, 0.15) is 0 Å². The Morgan fingerprint density at radius 1 is 1.78 bits per heavy atom. The molecule has 0 aliphatic carbocycles. The Labute approximate surface area is 55.3 Å². The Hall–Kier alpha value is -0.920. The topological polar surface area (TPSA) is 29.4 Å². The minimum atomic E-state index is -0.255. The molecule has 0 heterocycles. The van der Waals surface area contributed by atoms with Crippen molar-refractivity contribution in [3.8, 4) is 0 Å². The lowest BCUT2D eigenvalue weighted by Gasteiger charge is -1.88. The lowest BCUT2D eigenvalue weighted by Crippen LogP contribution is -1.86. The van der Waals surface area contributed by atoms with Crippen LogP contribution >= 0.6 is 0 Å². The molecule has 50 valence electrons. The van der Waals surface area contributed by atoms with E-state index >= 15 is 0 Å². The minimum absolute atomic E-state index is 0.255. The first kappa shape index (κ1) is 8.08. The van der Waals surface area contributed by atoms with Crippen LogP contribution < -0.4 is 0 Å². The van der Waals surface area contributed by atoms with Gasteiger partial charge in [-0.05, 0) is 20.1 Å². The van der Waals surface area contributed by atoms with Crippen molar-refractivity contribution in [3.63, 3.8) is 0 Å². The second-order valence-corrected chi connectivity index (χ2v) is 1.84. The summed E-state index contributed by atoms with van der Waals surface area (Å²) in [4.78, 5) is 13.7. The van der Waals surface area contributed by atoms with Crippen molar-refractivity contribution in [2.75, 3.05) is 0 Å². The van der Waals surface area contributed by atoms with Crippen molar-refractivity contribution in [1.82, 2.24) is 0 Å². The van der Waals surface area contributed by atoms with Crippen molar-refractivity contribution < 1.29 is 4.79 Å². The van der Waals surface area contributed by atoms with Gasteiger partial charge in [-0.25, -0.2) is 4.99 Å². The smallest absolute Gasteiger partial charge is 0.268 e. The third-order valence-corrected chi connectivity index (χ3v) is 1.08. The summed E-state index contributed by atoms with van der Waals surface area (Å²) in [6, 6.07) is 0. The maximum atomic E-state index is 10.5. The SMILES string of the molecule is C=NC(=O)/C=C(\C)CC. The van der Waals surface area contributed by atoms with Crippen molar-refractivity contribution in [2.45, 2.75) is 20.3 Å². The number of nitrogens with zero attached hydrogens (tertiary/aromatic N) is 1. The fourth-order valence-electron chi connectivity index (χ4n) is 0.358. The zero-order chi connectivity index (χ0) is 7.28. The van der Waals surface area contributed by atoms with Gasteiger partial charge in [-0.3, -0.25) is 4.79 Å². The second kappa shape index (κ2) is 4.01. The average Bonchev–Trinajstić information content (AvgIpc) is 1.87. The van der Waals surface area contributed by atoms with Crippen molar-refractivity contribution in [1.29, 1.82) is 0 Å². The lowest BCUT2D eigenvalue weighted by molar-refractivity contribution is -0.113. The largest absolute Gasteiger partial charge is 0.269 e. The van der Waals surface area contributed by atoms with Gasteiger partial charge < -0.3 is 0 Å². The zero-order valence-corrected chi connectivity index (χ0v) is 5.85. The lowest BCUT2D eigenvalue weighted by atomic mass is 10.2. The van der Waals surface area contributed by atoms with Gasteiger partial charge in [0.25, 0.3) is 5.91 Å². The summed E-state index contributed by atoms with van der Waals surface area (Å²) in [5.74, 6) is -0.255. The Morgan fingerprint density at radius 3 is 2.67 bits per heavy atom. The minimum Gasteiger partial charge on any atom is -0.268 e. The molecule has 0 aliphatic rings. The average molecular weight is 125 g/mol. The monoisotopic (exact) mass is 125 g/mol. The van der Waals surface area contributed by atoms with Crippen LogP contribution in [0.2, 0.25) is 0 Å². The summed E-state index contributed by atoms with van der Waals surface area (Å²) >= 11 is 0. The molecule has 9 heavy (non-hydrogen) atoms. The van der Waals surface area contributed by atoms with Gasteiger partial charge >= 0.3 is 0 Å². The number of aliphatic imine (C=N–C) groups is 1. The van der Waals surface area contributed by atoms with E-state index in [0.717, 1.165) is 12.0 Å². The van der Waals surface area contributed by atoms with E-state index in [0.29, 0.717) is 0 Å². The van der Waals surface area contributed by atoms with E-state index in [1.54, 1.807) is 0 Å². The molecule has 0 aromatic rings. The van der Waals surface area contributed by atoms with Crippen LogP contribution in [0.5, 0.6) is 0 Å². The number of carbonyl (C=O) groups is 1. The van der Waals surface area contributed by atoms with Crippen LogP contribution in [0.3, 0.4) is 0 Å². The Balaban J connectivity index is 3.94.